The average Bonchev–Trinajstić information content (AvgIpc) is 3.30. The number of nitrogens with zero attached hydrogens (tertiary/aromatic N) is 4. The van der Waals surface area contributed by atoms with Crippen LogP contribution in [-0.4, -0.2) is 48.3 Å². The van der Waals surface area contributed by atoms with Crippen molar-refractivity contribution in [2.24, 2.45) is 0 Å². The fourth-order valence-corrected chi connectivity index (χ4v) is 6.08. The Morgan fingerprint density at radius 1 is 1.08 bits per heavy atom. The molecule has 0 aliphatic carbocycles. The van der Waals surface area contributed by atoms with E-state index in [4.69, 9.17) is 27.9 Å². The lowest BCUT2D eigenvalue weighted by Crippen LogP contribution is -2.36. The number of thioether (sulfide) groups is 1. The normalized spacial score (nSPS) is 11.6. The molecule has 0 amide bonds. The number of benzene rings is 2. The first-order valence-electron chi connectivity index (χ1n) is 11.3. The third-order valence-corrected chi connectivity index (χ3v) is 8.31. The van der Waals surface area contributed by atoms with E-state index >= 15 is 0 Å². The summed E-state index contributed by atoms with van der Waals surface area (Å²) >= 11 is 13.7. The fraction of sp³-hybridized carbons (Fsp3) is 0.240. The summed E-state index contributed by atoms with van der Waals surface area (Å²) in [7, 11) is -4.21. The van der Waals surface area contributed by atoms with Gasteiger partial charge in [0.05, 0.1) is 35.1 Å². The van der Waals surface area contributed by atoms with E-state index in [1.165, 1.54) is 30.0 Å². The number of sulfonamides is 1. The molecule has 0 bridgehead atoms. The van der Waals surface area contributed by atoms with Gasteiger partial charge in [-0.15, -0.1) is 11.8 Å². The maximum Gasteiger partial charge on any atom is 0.326 e. The molecule has 0 N–H and O–H groups in total. The Morgan fingerprint density at radius 2 is 1.84 bits per heavy atom. The quantitative estimate of drug-likeness (QED) is 0.129. The van der Waals surface area contributed by atoms with Gasteiger partial charge in [0.15, 0.2) is 5.82 Å². The topological polar surface area (TPSA) is 94.4 Å². The standard InChI is InChI=1S/C25H24Cl2N4O4S2/c1-3-4-9-35-25(32)16-31(37(33,34)21-12-18(26)11-19(27)13-21)20-5-6-22-17(10-20)7-8-30(22)23-14-29-24(36-2)15-28-23/h5-8,10-15H,3-4,9,16H2,1-2H3. The lowest BCUT2D eigenvalue weighted by atomic mass is 10.2. The third-order valence-electron chi connectivity index (χ3n) is 5.49. The number of halogens is 2. The second-order valence-electron chi connectivity index (χ2n) is 8.04. The van der Waals surface area contributed by atoms with Crippen LogP contribution in [0.25, 0.3) is 16.7 Å². The van der Waals surface area contributed by atoms with Crippen molar-refractivity contribution in [2.45, 2.75) is 29.7 Å². The van der Waals surface area contributed by atoms with Crippen molar-refractivity contribution in [3.8, 4) is 5.82 Å². The van der Waals surface area contributed by atoms with E-state index in [1.807, 2.05) is 30.0 Å². The summed E-state index contributed by atoms with van der Waals surface area (Å²) in [5.41, 5.74) is 1.08. The van der Waals surface area contributed by atoms with Gasteiger partial charge in [-0.3, -0.25) is 13.7 Å². The predicted octanol–water partition coefficient (Wildman–Crippen LogP) is 5.99. The molecule has 4 rings (SSSR count). The lowest BCUT2D eigenvalue weighted by molar-refractivity contribution is -0.141. The molecule has 0 aliphatic heterocycles. The number of aromatic nitrogens is 3. The van der Waals surface area contributed by atoms with Gasteiger partial charge in [-0.05, 0) is 55.1 Å². The maximum atomic E-state index is 13.7. The number of hydrogen-bond donors (Lipinski definition) is 0. The van der Waals surface area contributed by atoms with Crippen LogP contribution in [0.5, 0.6) is 0 Å². The van der Waals surface area contributed by atoms with E-state index in [0.29, 0.717) is 12.2 Å². The van der Waals surface area contributed by atoms with Crippen molar-refractivity contribution in [1.29, 1.82) is 0 Å². The van der Waals surface area contributed by atoms with Crippen LogP contribution in [0.15, 0.2) is 71.0 Å². The van der Waals surface area contributed by atoms with Gasteiger partial charge >= 0.3 is 5.97 Å². The van der Waals surface area contributed by atoms with Crippen LogP contribution in [0.1, 0.15) is 19.8 Å². The Labute approximate surface area is 229 Å². The molecule has 2 aromatic carbocycles. The molecule has 0 fully saturated rings. The lowest BCUT2D eigenvalue weighted by Gasteiger charge is -2.24. The second kappa shape index (κ2) is 11.7. The summed E-state index contributed by atoms with van der Waals surface area (Å²) in [5, 5.41) is 1.88. The second-order valence-corrected chi connectivity index (χ2v) is 11.6. The zero-order chi connectivity index (χ0) is 26.6. The molecule has 0 saturated heterocycles. The van der Waals surface area contributed by atoms with Gasteiger partial charge in [0, 0.05) is 21.6 Å². The number of hydrogen-bond acceptors (Lipinski definition) is 7. The van der Waals surface area contributed by atoms with Crippen molar-refractivity contribution in [1.82, 2.24) is 14.5 Å². The summed E-state index contributed by atoms with van der Waals surface area (Å²) in [4.78, 5) is 21.3. The summed E-state index contributed by atoms with van der Waals surface area (Å²) in [5.74, 6) is -0.0370. The molecule has 0 radical (unpaired) electrons. The first kappa shape index (κ1) is 27.3. The van der Waals surface area contributed by atoms with E-state index < -0.39 is 22.5 Å². The number of carbonyl (C=O) groups is 1. The highest BCUT2D eigenvalue weighted by atomic mass is 35.5. The molecule has 0 saturated carbocycles. The number of carbonyl (C=O) groups excluding carboxylic acids is 1. The molecule has 2 aromatic heterocycles. The number of fused-ring (bicyclic) bond motifs is 1. The monoisotopic (exact) mass is 578 g/mol. The van der Waals surface area contributed by atoms with Gasteiger partial charge in [0.25, 0.3) is 10.0 Å². The Bertz CT molecular complexity index is 1510. The van der Waals surface area contributed by atoms with Gasteiger partial charge in [-0.25, -0.2) is 18.4 Å². The van der Waals surface area contributed by atoms with Crippen LogP contribution in [-0.2, 0) is 19.6 Å². The van der Waals surface area contributed by atoms with Crippen molar-refractivity contribution in [2.75, 3.05) is 23.7 Å². The average molecular weight is 580 g/mol. The highest BCUT2D eigenvalue weighted by Crippen LogP contribution is 2.31. The van der Waals surface area contributed by atoms with E-state index in [0.717, 1.165) is 26.7 Å². The summed E-state index contributed by atoms with van der Waals surface area (Å²) in [6, 6.07) is 11.0. The van der Waals surface area contributed by atoms with Crippen LogP contribution in [0.3, 0.4) is 0 Å². The number of anilines is 1. The molecule has 0 atom stereocenters. The first-order chi connectivity index (χ1) is 17.7. The largest absolute Gasteiger partial charge is 0.464 e. The van der Waals surface area contributed by atoms with Crippen molar-refractivity contribution < 1.29 is 17.9 Å². The minimum absolute atomic E-state index is 0.131. The van der Waals surface area contributed by atoms with Crippen molar-refractivity contribution in [3.63, 3.8) is 0 Å². The third kappa shape index (κ3) is 6.20. The molecule has 0 unspecified atom stereocenters. The van der Waals surface area contributed by atoms with Gasteiger partial charge in [-0.1, -0.05) is 36.5 Å². The Balaban J connectivity index is 1.74. The van der Waals surface area contributed by atoms with Crippen LogP contribution in [0.2, 0.25) is 10.0 Å². The van der Waals surface area contributed by atoms with Gasteiger partial charge in [0.2, 0.25) is 0 Å². The SMILES string of the molecule is CCCCOC(=O)CN(c1ccc2c(ccn2-c2cnc(SC)cn2)c1)S(=O)(=O)c1cc(Cl)cc(Cl)c1. The zero-order valence-electron chi connectivity index (χ0n) is 20.1. The minimum atomic E-state index is -4.21. The maximum absolute atomic E-state index is 13.7. The molecule has 12 heteroatoms. The van der Waals surface area contributed by atoms with E-state index in [9.17, 15) is 13.2 Å². The van der Waals surface area contributed by atoms with Crippen LogP contribution in [0, 0.1) is 0 Å². The van der Waals surface area contributed by atoms with Crippen LogP contribution < -0.4 is 4.31 Å². The van der Waals surface area contributed by atoms with Crippen LogP contribution in [0.4, 0.5) is 5.69 Å². The predicted molar refractivity (Wildman–Crippen MR) is 148 cm³/mol. The van der Waals surface area contributed by atoms with E-state index in [1.54, 1.807) is 30.6 Å². The molecule has 4 aromatic rings. The first-order valence-corrected chi connectivity index (χ1v) is 14.8. The molecule has 37 heavy (non-hydrogen) atoms. The van der Waals surface area contributed by atoms with E-state index in [-0.39, 0.29) is 27.2 Å². The highest BCUT2D eigenvalue weighted by molar-refractivity contribution is 7.98. The number of ether oxygens (including phenoxy) is 1. The Hall–Kier alpha value is -2.79. The van der Waals surface area contributed by atoms with Crippen molar-refractivity contribution in [3.05, 3.63) is 71.1 Å². The molecule has 8 nitrogen and oxygen atoms in total. The smallest absolute Gasteiger partial charge is 0.326 e. The van der Waals surface area contributed by atoms with Gasteiger partial charge < -0.3 is 4.74 Å². The van der Waals surface area contributed by atoms with Crippen LogP contribution >= 0.6 is 35.0 Å². The molecule has 0 spiro atoms. The summed E-state index contributed by atoms with van der Waals surface area (Å²) < 4.78 is 35.5. The van der Waals surface area contributed by atoms with E-state index in [2.05, 4.69) is 9.97 Å². The molecular formula is C25H24Cl2N4O4S2. The van der Waals surface area contributed by atoms with Gasteiger partial charge in [0.1, 0.15) is 11.6 Å². The Kier molecular flexibility index (Phi) is 8.63. The highest BCUT2D eigenvalue weighted by Gasteiger charge is 2.29. The molecule has 0 aliphatic rings. The molecule has 194 valence electrons. The Morgan fingerprint density at radius 3 is 2.49 bits per heavy atom. The van der Waals surface area contributed by atoms with Crippen molar-refractivity contribution >= 4 is 67.5 Å². The zero-order valence-corrected chi connectivity index (χ0v) is 23.2. The number of esters is 1. The van der Waals surface area contributed by atoms with Gasteiger partial charge in [-0.2, -0.15) is 0 Å². The summed E-state index contributed by atoms with van der Waals surface area (Å²) in [6.45, 7) is 1.67. The molecule has 2 heterocycles. The number of unbranched alkanes of at least 4 members (excludes halogenated alkanes) is 1. The number of rotatable bonds is 10. The fourth-order valence-electron chi connectivity index (χ4n) is 3.64. The molecular weight excluding hydrogens is 555 g/mol. The summed E-state index contributed by atoms with van der Waals surface area (Å²) in [6.07, 6.45) is 8.63. The minimum Gasteiger partial charge on any atom is -0.464 e.